The summed E-state index contributed by atoms with van der Waals surface area (Å²) in [5.74, 6) is 0.132. The molecule has 1 unspecified atom stereocenters. The number of carbonyl (C=O) groups is 1. The van der Waals surface area contributed by atoms with Crippen LogP contribution in [0, 0.1) is 0 Å². The molecule has 0 bridgehead atoms. The minimum absolute atomic E-state index is 0.0168. The average Bonchev–Trinajstić information content (AvgIpc) is 2.54. The lowest BCUT2D eigenvalue weighted by Gasteiger charge is -2.44. The van der Waals surface area contributed by atoms with Gasteiger partial charge in [-0.25, -0.2) is 0 Å². The maximum absolute atomic E-state index is 12.1. The number of carbonyl (C=O) groups excluding carboxylic acids is 1. The van der Waals surface area contributed by atoms with Crippen LogP contribution in [0.3, 0.4) is 0 Å². The summed E-state index contributed by atoms with van der Waals surface area (Å²) in [6.45, 7) is 13.8. The van der Waals surface area contributed by atoms with Gasteiger partial charge in [0.15, 0.2) is 0 Å². The lowest BCUT2D eigenvalue weighted by Crippen LogP contribution is -2.58. The van der Waals surface area contributed by atoms with Gasteiger partial charge in [-0.3, -0.25) is 9.69 Å². The zero-order chi connectivity index (χ0) is 16.0. The number of hydrogen-bond acceptors (Lipinski definition) is 4. The Bertz CT molecular complexity index is 346. The Labute approximate surface area is 135 Å². The highest BCUT2D eigenvalue weighted by Crippen LogP contribution is 2.18. The largest absolute Gasteiger partial charge is 0.378 e. The predicted molar refractivity (Wildman–Crippen MR) is 89.0 cm³/mol. The van der Waals surface area contributed by atoms with Gasteiger partial charge < -0.3 is 15.0 Å². The quantitative estimate of drug-likeness (QED) is 0.807. The van der Waals surface area contributed by atoms with Crippen molar-refractivity contribution in [3.63, 3.8) is 0 Å². The first-order chi connectivity index (χ1) is 10.5. The van der Waals surface area contributed by atoms with Gasteiger partial charge in [0.1, 0.15) is 0 Å². The first kappa shape index (κ1) is 17.7. The standard InChI is InChI=1S/C17H33N3O2/c1-4-19-8-10-20(11-9-19)17(2,3)14-18-16(21)13-15-7-5-6-12-22-15/h15H,4-14H2,1-3H3,(H,18,21). The molecule has 0 aromatic carbocycles. The number of likely N-dealkylation sites (N-methyl/N-ethyl adjacent to an activating group) is 1. The first-order valence-electron chi connectivity index (χ1n) is 8.87. The number of hydrogen-bond donors (Lipinski definition) is 1. The van der Waals surface area contributed by atoms with Gasteiger partial charge in [-0.2, -0.15) is 0 Å². The second-order valence-corrected chi connectivity index (χ2v) is 7.20. The summed E-state index contributed by atoms with van der Waals surface area (Å²) in [7, 11) is 0. The van der Waals surface area contributed by atoms with Crippen LogP contribution >= 0.6 is 0 Å². The van der Waals surface area contributed by atoms with E-state index in [2.05, 4.69) is 35.9 Å². The van der Waals surface area contributed by atoms with Crippen molar-refractivity contribution in [2.24, 2.45) is 0 Å². The molecule has 5 heteroatoms. The molecule has 128 valence electrons. The Morgan fingerprint density at radius 1 is 1.23 bits per heavy atom. The molecule has 0 aliphatic carbocycles. The fourth-order valence-corrected chi connectivity index (χ4v) is 3.34. The van der Waals surface area contributed by atoms with E-state index in [0.717, 1.165) is 52.2 Å². The molecule has 2 aliphatic heterocycles. The van der Waals surface area contributed by atoms with Gasteiger partial charge in [-0.05, 0) is 39.7 Å². The van der Waals surface area contributed by atoms with Crippen molar-refractivity contribution in [3.05, 3.63) is 0 Å². The smallest absolute Gasteiger partial charge is 0.222 e. The van der Waals surface area contributed by atoms with Crippen molar-refractivity contribution in [3.8, 4) is 0 Å². The lowest BCUT2D eigenvalue weighted by molar-refractivity contribution is -0.125. The molecule has 1 N–H and O–H groups in total. The number of nitrogens with one attached hydrogen (secondary N) is 1. The zero-order valence-corrected chi connectivity index (χ0v) is 14.6. The van der Waals surface area contributed by atoms with Gasteiger partial charge in [-0.15, -0.1) is 0 Å². The summed E-state index contributed by atoms with van der Waals surface area (Å²) in [6, 6.07) is 0. The van der Waals surface area contributed by atoms with Gasteiger partial charge in [-0.1, -0.05) is 6.92 Å². The molecule has 0 spiro atoms. The van der Waals surface area contributed by atoms with Crippen LogP contribution < -0.4 is 5.32 Å². The zero-order valence-electron chi connectivity index (χ0n) is 14.6. The van der Waals surface area contributed by atoms with E-state index in [9.17, 15) is 4.79 Å². The summed E-state index contributed by atoms with van der Waals surface area (Å²) in [4.78, 5) is 17.1. The number of piperazine rings is 1. The molecule has 2 heterocycles. The molecular weight excluding hydrogens is 278 g/mol. The second-order valence-electron chi connectivity index (χ2n) is 7.20. The highest BCUT2D eigenvalue weighted by atomic mass is 16.5. The van der Waals surface area contributed by atoms with Crippen LogP contribution in [0.25, 0.3) is 0 Å². The van der Waals surface area contributed by atoms with Crippen LogP contribution in [0.5, 0.6) is 0 Å². The van der Waals surface area contributed by atoms with Crippen molar-refractivity contribution in [1.29, 1.82) is 0 Å². The van der Waals surface area contributed by atoms with Gasteiger partial charge in [0.05, 0.1) is 12.5 Å². The molecule has 0 aromatic rings. The number of nitrogens with zero attached hydrogens (tertiary/aromatic N) is 2. The minimum atomic E-state index is 0.0168. The van der Waals surface area contributed by atoms with Crippen LogP contribution in [0.2, 0.25) is 0 Å². The molecule has 0 radical (unpaired) electrons. The molecule has 1 atom stereocenters. The van der Waals surface area contributed by atoms with Gasteiger partial charge in [0.25, 0.3) is 0 Å². The van der Waals surface area contributed by atoms with Crippen molar-refractivity contribution >= 4 is 5.91 Å². The van der Waals surface area contributed by atoms with E-state index < -0.39 is 0 Å². The van der Waals surface area contributed by atoms with E-state index >= 15 is 0 Å². The van der Waals surface area contributed by atoms with E-state index in [1.807, 2.05) is 0 Å². The highest BCUT2D eigenvalue weighted by molar-refractivity contribution is 5.76. The summed E-state index contributed by atoms with van der Waals surface area (Å²) in [6.07, 6.45) is 3.99. The fraction of sp³-hybridized carbons (Fsp3) is 0.941. The maximum atomic E-state index is 12.1. The highest BCUT2D eigenvalue weighted by Gasteiger charge is 2.30. The van der Waals surface area contributed by atoms with Crippen molar-refractivity contribution in [2.75, 3.05) is 45.9 Å². The van der Waals surface area contributed by atoms with Crippen LogP contribution in [0.1, 0.15) is 46.5 Å². The van der Waals surface area contributed by atoms with Gasteiger partial charge >= 0.3 is 0 Å². The predicted octanol–water partition coefficient (Wildman–Crippen LogP) is 1.48. The van der Waals surface area contributed by atoms with Crippen LogP contribution in [-0.2, 0) is 9.53 Å². The molecule has 5 nitrogen and oxygen atoms in total. The maximum Gasteiger partial charge on any atom is 0.222 e. The Balaban J connectivity index is 1.71. The summed E-state index contributed by atoms with van der Waals surface area (Å²) < 4.78 is 5.64. The molecule has 1 amide bonds. The Morgan fingerprint density at radius 2 is 1.95 bits per heavy atom. The van der Waals surface area contributed by atoms with Crippen molar-refractivity contribution in [1.82, 2.24) is 15.1 Å². The first-order valence-corrected chi connectivity index (χ1v) is 8.87. The van der Waals surface area contributed by atoms with Gasteiger partial charge in [0, 0.05) is 44.9 Å². The molecule has 0 aromatic heterocycles. The minimum Gasteiger partial charge on any atom is -0.378 e. The van der Waals surface area contributed by atoms with Gasteiger partial charge in [0.2, 0.25) is 5.91 Å². The molecule has 2 saturated heterocycles. The molecule has 2 fully saturated rings. The second kappa shape index (κ2) is 8.27. The van der Waals surface area contributed by atoms with Crippen LogP contribution in [0.4, 0.5) is 0 Å². The van der Waals surface area contributed by atoms with Crippen LogP contribution in [-0.4, -0.2) is 73.2 Å². The van der Waals surface area contributed by atoms with E-state index in [1.165, 1.54) is 6.42 Å². The molecular formula is C17H33N3O2. The Morgan fingerprint density at radius 3 is 2.55 bits per heavy atom. The number of rotatable bonds is 6. The van der Waals surface area contributed by atoms with Crippen molar-refractivity contribution < 1.29 is 9.53 Å². The molecule has 2 rings (SSSR count). The normalized spacial score (nSPS) is 25.1. The van der Waals surface area contributed by atoms with Crippen LogP contribution in [0.15, 0.2) is 0 Å². The number of ether oxygens (including phenoxy) is 1. The van der Waals surface area contributed by atoms with E-state index in [0.29, 0.717) is 13.0 Å². The monoisotopic (exact) mass is 311 g/mol. The molecule has 0 saturated carbocycles. The molecule has 2 aliphatic rings. The SMILES string of the molecule is CCN1CCN(C(C)(C)CNC(=O)CC2CCCCO2)CC1. The van der Waals surface area contributed by atoms with E-state index in [1.54, 1.807) is 0 Å². The van der Waals surface area contributed by atoms with E-state index in [-0.39, 0.29) is 17.6 Å². The number of amides is 1. The Kier molecular flexibility index (Phi) is 6.66. The topological polar surface area (TPSA) is 44.8 Å². The third-order valence-electron chi connectivity index (χ3n) is 5.08. The van der Waals surface area contributed by atoms with Crippen molar-refractivity contribution in [2.45, 2.75) is 58.1 Å². The Hall–Kier alpha value is -0.650. The summed E-state index contributed by atoms with van der Waals surface area (Å²) in [5, 5.41) is 3.12. The third-order valence-corrected chi connectivity index (χ3v) is 5.08. The van der Waals surface area contributed by atoms with E-state index in [4.69, 9.17) is 4.74 Å². The molecule has 22 heavy (non-hydrogen) atoms. The summed E-state index contributed by atoms with van der Waals surface area (Å²) in [5.41, 5.74) is 0.0168. The summed E-state index contributed by atoms with van der Waals surface area (Å²) >= 11 is 0. The third kappa shape index (κ3) is 5.21. The fourth-order valence-electron chi connectivity index (χ4n) is 3.34. The lowest BCUT2D eigenvalue weighted by atomic mass is 10.0. The average molecular weight is 311 g/mol.